The summed E-state index contributed by atoms with van der Waals surface area (Å²) >= 11 is 0. The number of nitrogens with zero attached hydrogens (tertiary/aromatic N) is 3. The predicted molar refractivity (Wildman–Crippen MR) is 117 cm³/mol. The molecule has 1 aliphatic rings. The van der Waals surface area contributed by atoms with E-state index >= 15 is 0 Å². The van der Waals surface area contributed by atoms with E-state index in [0.29, 0.717) is 11.8 Å². The molecule has 5 rings (SSSR count). The van der Waals surface area contributed by atoms with Crippen molar-refractivity contribution in [2.24, 2.45) is 0 Å². The largest absolute Gasteiger partial charge is 0.435 e. The zero-order valence-corrected chi connectivity index (χ0v) is 17.0. The average molecular weight is 371 g/mol. The standard InChI is InChI=1S/C24H25N3O/c1-15(2)26-19-10-6-7-11-20(19)27(24(26,4)5)21-16(3)12-13-17-18-9-8-14-25-23(18)28-22(17)21/h6-15H,1-5H3. The Kier molecular flexibility index (Phi) is 3.51. The molecule has 0 spiro atoms. The lowest BCUT2D eigenvalue weighted by molar-refractivity contribution is 0.457. The molecule has 0 unspecified atom stereocenters. The smallest absolute Gasteiger partial charge is 0.227 e. The van der Waals surface area contributed by atoms with Crippen LogP contribution in [-0.4, -0.2) is 16.7 Å². The molecule has 2 aromatic heterocycles. The van der Waals surface area contributed by atoms with Gasteiger partial charge in [0.15, 0.2) is 5.58 Å². The van der Waals surface area contributed by atoms with Crippen LogP contribution in [0.1, 0.15) is 33.3 Å². The van der Waals surface area contributed by atoms with Gasteiger partial charge in [-0.05, 0) is 64.4 Å². The quantitative estimate of drug-likeness (QED) is 0.408. The first kappa shape index (κ1) is 17.1. The number of furan rings is 1. The number of hydrogen-bond donors (Lipinski definition) is 0. The monoisotopic (exact) mass is 371 g/mol. The third-order valence-electron chi connectivity index (χ3n) is 5.85. The van der Waals surface area contributed by atoms with E-state index < -0.39 is 0 Å². The fraction of sp³-hybridized carbons (Fsp3) is 0.292. The molecule has 0 N–H and O–H groups in total. The van der Waals surface area contributed by atoms with Crippen molar-refractivity contribution in [2.75, 3.05) is 9.80 Å². The Balaban J connectivity index is 1.86. The minimum atomic E-state index is -0.233. The average Bonchev–Trinajstić information content (AvgIpc) is 3.13. The summed E-state index contributed by atoms with van der Waals surface area (Å²) in [5.41, 5.74) is 6.15. The van der Waals surface area contributed by atoms with Crippen LogP contribution in [0.3, 0.4) is 0 Å². The van der Waals surface area contributed by atoms with Crippen LogP contribution in [0.5, 0.6) is 0 Å². The third kappa shape index (κ3) is 2.15. The van der Waals surface area contributed by atoms with Gasteiger partial charge in [-0.25, -0.2) is 4.98 Å². The van der Waals surface area contributed by atoms with E-state index in [9.17, 15) is 0 Å². The second-order valence-corrected chi connectivity index (χ2v) is 8.35. The normalized spacial score (nSPS) is 15.8. The van der Waals surface area contributed by atoms with Crippen molar-refractivity contribution in [3.63, 3.8) is 0 Å². The van der Waals surface area contributed by atoms with Gasteiger partial charge in [0.05, 0.1) is 17.1 Å². The van der Waals surface area contributed by atoms with Gasteiger partial charge in [-0.15, -0.1) is 0 Å². The van der Waals surface area contributed by atoms with Crippen molar-refractivity contribution in [3.8, 4) is 0 Å². The zero-order valence-electron chi connectivity index (χ0n) is 17.0. The van der Waals surface area contributed by atoms with Crippen LogP contribution in [0, 0.1) is 6.92 Å². The second-order valence-electron chi connectivity index (χ2n) is 8.35. The summed E-state index contributed by atoms with van der Waals surface area (Å²) in [4.78, 5) is 9.36. The molecule has 142 valence electrons. The summed E-state index contributed by atoms with van der Waals surface area (Å²) in [7, 11) is 0. The van der Waals surface area contributed by atoms with Gasteiger partial charge in [0.25, 0.3) is 0 Å². The molecule has 0 atom stereocenters. The Morgan fingerprint density at radius 3 is 2.43 bits per heavy atom. The summed E-state index contributed by atoms with van der Waals surface area (Å²) < 4.78 is 6.31. The summed E-state index contributed by atoms with van der Waals surface area (Å²) in [6.45, 7) is 11.2. The van der Waals surface area contributed by atoms with E-state index in [1.54, 1.807) is 6.20 Å². The fourth-order valence-corrected chi connectivity index (χ4v) is 4.90. The minimum absolute atomic E-state index is 0.233. The lowest BCUT2D eigenvalue weighted by Gasteiger charge is -2.43. The Morgan fingerprint density at radius 2 is 1.68 bits per heavy atom. The lowest BCUT2D eigenvalue weighted by Crippen LogP contribution is -2.53. The Bertz CT molecular complexity index is 1210. The Labute approximate surface area is 165 Å². The van der Waals surface area contributed by atoms with Gasteiger partial charge in [-0.2, -0.15) is 0 Å². The van der Waals surface area contributed by atoms with Crippen molar-refractivity contribution in [2.45, 2.75) is 46.3 Å². The van der Waals surface area contributed by atoms with Crippen LogP contribution in [0.2, 0.25) is 0 Å². The maximum absolute atomic E-state index is 6.31. The van der Waals surface area contributed by atoms with E-state index in [1.165, 1.54) is 16.9 Å². The molecule has 2 aromatic carbocycles. The summed E-state index contributed by atoms with van der Waals surface area (Å²) in [6, 6.07) is 17.4. The first-order valence-electron chi connectivity index (χ1n) is 9.86. The van der Waals surface area contributed by atoms with Crippen LogP contribution in [0.25, 0.3) is 22.1 Å². The molecule has 0 saturated carbocycles. The highest BCUT2D eigenvalue weighted by atomic mass is 16.3. The molecular formula is C24H25N3O. The molecule has 4 heteroatoms. The molecule has 0 fully saturated rings. The topological polar surface area (TPSA) is 32.5 Å². The van der Waals surface area contributed by atoms with Crippen LogP contribution in [0.4, 0.5) is 17.1 Å². The van der Waals surface area contributed by atoms with Gasteiger partial charge >= 0.3 is 0 Å². The predicted octanol–water partition coefficient (Wildman–Crippen LogP) is 6.39. The first-order chi connectivity index (χ1) is 13.4. The second kappa shape index (κ2) is 5.74. The maximum atomic E-state index is 6.31. The highest BCUT2D eigenvalue weighted by Crippen LogP contribution is 2.52. The fourth-order valence-electron chi connectivity index (χ4n) is 4.90. The maximum Gasteiger partial charge on any atom is 0.227 e. The van der Waals surface area contributed by atoms with Gasteiger partial charge in [-0.3, -0.25) is 0 Å². The molecule has 3 heterocycles. The Morgan fingerprint density at radius 1 is 0.929 bits per heavy atom. The molecule has 0 radical (unpaired) electrons. The number of aryl methyl sites for hydroxylation is 1. The van der Waals surface area contributed by atoms with Gasteiger partial charge in [0.2, 0.25) is 5.71 Å². The first-order valence-corrected chi connectivity index (χ1v) is 9.86. The van der Waals surface area contributed by atoms with E-state index in [0.717, 1.165) is 22.0 Å². The highest BCUT2D eigenvalue weighted by molar-refractivity contribution is 6.10. The van der Waals surface area contributed by atoms with E-state index in [-0.39, 0.29) is 5.66 Å². The van der Waals surface area contributed by atoms with Gasteiger partial charge in [0.1, 0.15) is 5.66 Å². The number of anilines is 3. The van der Waals surface area contributed by atoms with Crippen LogP contribution < -0.4 is 9.80 Å². The molecule has 4 aromatic rings. The SMILES string of the molecule is Cc1ccc2c(oc3ncccc32)c1N1c2ccccc2N(C(C)C)C1(C)C. The lowest BCUT2D eigenvalue weighted by atomic mass is 10.0. The number of pyridine rings is 1. The summed E-state index contributed by atoms with van der Waals surface area (Å²) in [5.74, 6) is 0. The minimum Gasteiger partial charge on any atom is -0.435 e. The van der Waals surface area contributed by atoms with Gasteiger partial charge < -0.3 is 14.2 Å². The number of aromatic nitrogens is 1. The van der Waals surface area contributed by atoms with Gasteiger partial charge in [0, 0.05) is 23.0 Å². The van der Waals surface area contributed by atoms with Crippen molar-refractivity contribution < 1.29 is 4.42 Å². The number of benzene rings is 2. The number of fused-ring (bicyclic) bond motifs is 4. The number of rotatable bonds is 2. The number of para-hydroxylation sites is 2. The summed E-state index contributed by atoms with van der Waals surface area (Å²) in [5, 5.41) is 2.17. The van der Waals surface area contributed by atoms with Crippen molar-refractivity contribution in [1.29, 1.82) is 0 Å². The van der Waals surface area contributed by atoms with E-state index in [2.05, 4.69) is 91.9 Å². The van der Waals surface area contributed by atoms with Crippen molar-refractivity contribution >= 4 is 39.1 Å². The highest BCUT2D eigenvalue weighted by Gasteiger charge is 2.45. The van der Waals surface area contributed by atoms with E-state index in [1.807, 2.05) is 6.07 Å². The molecular weight excluding hydrogens is 346 g/mol. The molecule has 0 amide bonds. The van der Waals surface area contributed by atoms with Crippen LogP contribution >= 0.6 is 0 Å². The third-order valence-corrected chi connectivity index (χ3v) is 5.85. The number of hydrogen-bond acceptors (Lipinski definition) is 4. The molecule has 0 saturated heterocycles. The van der Waals surface area contributed by atoms with Crippen LogP contribution in [0.15, 0.2) is 59.1 Å². The molecule has 28 heavy (non-hydrogen) atoms. The molecule has 1 aliphatic heterocycles. The molecule has 0 bridgehead atoms. The molecule has 4 nitrogen and oxygen atoms in total. The summed E-state index contributed by atoms with van der Waals surface area (Å²) in [6.07, 6.45) is 1.78. The Hall–Kier alpha value is -3.01. The van der Waals surface area contributed by atoms with E-state index in [4.69, 9.17) is 4.42 Å². The van der Waals surface area contributed by atoms with Crippen LogP contribution in [-0.2, 0) is 0 Å². The van der Waals surface area contributed by atoms with Crippen molar-refractivity contribution in [1.82, 2.24) is 4.98 Å². The van der Waals surface area contributed by atoms with Crippen molar-refractivity contribution in [3.05, 3.63) is 60.3 Å². The molecule has 0 aliphatic carbocycles. The van der Waals surface area contributed by atoms with Gasteiger partial charge in [-0.1, -0.05) is 24.3 Å². The zero-order chi connectivity index (χ0) is 19.6.